The molecule has 1 fully saturated rings. The molecule has 0 aromatic carbocycles. The summed E-state index contributed by atoms with van der Waals surface area (Å²) in [5.74, 6) is -0.252. The number of hydrogen-bond acceptors (Lipinski definition) is 4. The van der Waals surface area contributed by atoms with Crippen molar-refractivity contribution in [3.63, 3.8) is 0 Å². The number of nitrogens with two attached hydrogens (primary N) is 1. The Morgan fingerprint density at radius 3 is 2.80 bits per heavy atom. The fourth-order valence-corrected chi connectivity index (χ4v) is 3.17. The molecule has 0 bridgehead atoms. The van der Waals surface area contributed by atoms with Crippen molar-refractivity contribution in [2.45, 2.75) is 24.7 Å². The maximum absolute atomic E-state index is 11.3. The van der Waals surface area contributed by atoms with E-state index in [1.54, 1.807) is 0 Å². The van der Waals surface area contributed by atoms with Gasteiger partial charge in [-0.2, -0.15) is 0 Å². The van der Waals surface area contributed by atoms with Crippen molar-refractivity contribution >= 4 is 17.3 Å². The first kappa shape index (κ1) is 10.6. The summed E-state index contributed by atoms with van der Waals surface area (Å²) in [7, 11) is 1.41. The minimum atomic E-state index is -0.252. The minimum Gasteiger partial charge on any atom is -0.465 e. The van der Waals surface area contributed by atoms with Gasteiger partial charge in [0.15, 0.2) is 0 Å². The van der Waals surface area contributed by atoms with E-state index >= 15 is 0 Å². The van der Waals surface area contributed by atoms with Crippen molar-refractivity contribution in [2.24, 2.45) is 5.73 Å². The molecule has 1 saturated carbocycles. The zero-order valence-electron chi connectivity index (χ0n) is 8.79. The third-order valence-corrected chi connectivity index (χ3v) is 4.53. The van der Waals surface area contributed by atoms with E-state index in [-0.39, 0.29) is 11.4 Å². The second-order valence-electron chi connectivity index (χ2n) is 3.99. The van der Waals surface area contributed by atoms with Gasteiger partial charge in [-0.25, -0.2) is 4.79 Å². The van der Waals surface area contributed by atoms with Crippen molar-refractivity contribution < 1.29 is 9.53 Å². The third-order valence-electron chi connectivity index (χ3n) is 3.22. The lowest BCUT2D eigenvalue weighted by molar-refractivity contribution is 0.0606. The largest absolute Gasteiger partial charge is 0.465 e. The van der Waals surface area contributed by atoms with E-state index in [1.807, 2.05) is 12.1 Å². The topological polar surface area (TPSA) is 52.3 Å². The number of esters is 1. The number of hydrogen-bond donors (Lipinski definition) is 1. The number of thiophene rings is 1. The lowest BCUT2D eigenvalue weighted by atomic mass is 9.68. The molecule has 15 heavy (non-hydrogen) atoms. The van der Waals surface area contributed by atoms with Crippen LogP contribution in [0.5, 0.6) is 0 Å². The number of carbonyl (C=O) groups is 1. The number of ether oxygens (including phenoxy) is 1. The van der Waals surface area contributed by atoms with Gasteiger partial charge in [-0.05, 0) is 25.0 Å². The molecule has 1 aliphatic rings. The molecule has 4 heteroatoms. The van der Waals surface area contributed by atoms with Gasteiger partial charge < -0.3 is 10.5 Å². The Kier molecular flexibility index (Phi) is 2.80. The molecule has 1 aliphatic carbocycles. The van der Waals surface area contributed by atoms with Gasteiger partial charge >= 0.3 is 5.97 Å². The Labute approximate surface area is 93.2 Å². The Hall–Kier alpha value is -0.870. The predicted molar refractivity (Wildman–Crippen MR) is 60.2 cm³/mol. The molecular weight excluding hydrogens is 210 g/mol. The Morgan fingerprint density at radius 2 is 2.33 bits per heavy atom. The van der Waals surface area contributed by atoms with Crippen LogP contribution in [0, 0.1) is 0 Å². The summed E-state index contributed by atoms with van der Waals surface area (Å²) >= 11 is 1.52. The minimum absolute atomic E-state index is 0.150. The van der Waals surface area contributed by atoms with Crippen molar-refractivity contribution in [3.8, 4) is 0 Å². The standard InChI is InChI=1S/C11H15NO2S/c1-14-10(13)8-3-4-9(15-8)11(7-12)5-2-6-11/h3-4H,2,5-7,12H2,1H3. The van der Waals surface area contributed by atoms with E-state index < -0.39 is 0 Å². The number of methoxy groups -OCH3 is 1. The molecule has 3 nitrogen and oxygen atoms in total. The summed E-state index contributed by atoms with van der Waals surface area (Å²) < 4.78 is 4.69. The van der Waals surface area contributed by atoms with Crippen molar-refractivity contribution in [3.05, 3.63) is 21.9 Å². The molecule has 2 rings (SSSR count). The van der Waals surface area contributed by atoms with Gasteiger partial charge in [0.1, 0.15) is 4.88 Å². The van der Waals surface area contributed by atoms with Crippen LogP contribution in [-0.4, -0.2) is 19.6 Å². The first-order valence-corrected chi connectivity index (χ1v) is 5.92. The average molecular weight is 225 g/mol. The predicted octanol–water partition coefficient (Wildman–Crippen LogP) is 1.92. The summed E-state index contributed by atoms with van der Waals surface area (Å²) in [5.41, 5.74) is 5.96. The number of carbonyl (C=O) groups excluding carboxylic acids is 1. The van der Waals surface area contributed by atoms with E-state index in [0.29, 0.717) is 11.4 Å². The van der Waals surface area contributed by atoms with E-state index in [1.165, 1.54) is 29.7 Å². The highest BCUT2D eigenvalue weighted by molar-refractivity contribution is 7.14. The normalized spacial score (nSPS) is 18.3. The third kappa shape index (κ3) is 1.68. The number of rotatable bonds is 3. The summed E-state index contributed by atoms with van der Waals surface area (Å²) in [5, 5.41) is 0. The van der Waals surface area contributed by atoms with Crippen LogP contribution in [0.1, 0.15) is 33.8 Å². The van der Waals surface area contributed by atoms with Crippen molar-refractivity contribution in [1.82, 2.24) is 0 Å². The van der Waals surface area contributed by atoms with Crippen LogP contribution in [-0.2, 0) is 10.2 Å². The monoisotopic (exact) mass is 225 g/mol. The van der Waals surface area contributed by atoms with Gasteiger partial charge in [0.2, 0.25) is 0 Å². The Morgan fingerprint density at radius 1 is 1.60 bits per heavy atom. The zero-order valence-corrected chi connectivity index (χ0v) is 9.60. The molecule has 0 radical (unpaired) electrons. The summed E-state index contributed by atoms with van der Waals surface area (Å²) in [6, 6.07) is 3.85. The summed E-state index contributed by atoms with van der Waals surface area (Å²) in [6.07, 6.45) is 3.53. The highest BCUT2D eigenvalue weighted by Gasteiger charge is 2.38. The maximum Gasteiger partial charge on any atom is 0.348 e. The SMILES string of the molecule is COC(=O)c1ccc(C2(CN)CCC2)s1. The average Bonchev–Trinajstić information content (AvgIpc) is 2.65. The van der Waals surface area contributed by atoms with Gasteiger partial charge in [-0.3, -0.25) is 0 Å². The molecule has 0 atom stereocenters. The summed E-state index contributed by atoms with van der Waals surface area (Å²) in [6.45, 7) is 0.675. The molecule has 0 aliphatic heterocycles. The molecule has 1 aromatic rings. The van der Waals surface area contributed by atoms with Gasteiger partial charge in [-0.15, -0.1) is 11.3 Å². The van der Waals surface area contributed by atoms with Gasteiger partial charge in [0.05, 0.1) is 7.11 Å². The molecule has 0 amide bonds. The lowest BCUT2D eigenvalue weighted by Gasteiger charge is -2.40. The van der Waals surface area contributed by atoms with Crippen molar-refractivity contribution in [1.29, 1.82) is 0 Å². The molecular formula is C11H15NO2S. The van der Waals surface area contributed by atoms with Gasteiger partial charge in [-0.1, -0.05) is 6.42 Å². The fraction of sp³-hybridized carbons (Fsp3) is 0.545. The first-order chi connectivity index (χ1) is 7.22. The van der Waals surface area contributed by atoms with Crippen LogP contribution in [0.2, 0.25) is 0 Å². The molecule has 2 N–H and O–H groups in total. The summed E-state index contributed by atoms with van der Waals surface area (Å²) in [4.78, 5) is 13.2. The fourth-order valence-electron chi connectivity index (χ4n) is 1.99. The molecule has 1 heterocycles. The Bertz CT molecular complexity index is 363. The van der Waals surface area contributed by atoms with Gasteiger partial charge in [0.25, 0.3) is 0 Å². The second-order valence-corrected chi connectivity index (χ2v) is 5.08. The van der Waals surface area contributed by atoms with E-state index in [0.717, 1.165) is 12.8 Å². The second kappa shape index (κ2) is 3.94. The van der Waals surface area contributed by atoms with Crippen LogP contribution in [0.15, 0.2) is 12.1 Å². The van der Waals surface area contributed by atoms with E-state index in [2.05, 4.69) is 4.74 Å². The van der Waals surface area contributed by atoms with Crippen LogP contribution >= 0.6 is 11.3 Å². The van der Waals surface area contributed by atoms with Crippen LogP contribution in [0.25, 0.3) is 0 Å². The van der Waals surface area contributed by atoms with Crippen molar-refractivity contribution in [2.75, 3.05) is 13.7 Å². The molecule has 0 unspecified atom stereocenters. The molecule has 0 saturated heterocycles. The Balaban J connectivity index is 2.23. The smallest absolute Gasteiger partial charge is 0.348 e. The quantitative estimate of drug-likeness (QED) is 0.799. The molecule has 82 valence electrons. The first-order valence-electron chi connectivity index (χ1n) is 5.10. The van der Waals surface area contributed by atoms with E-state index in [9.17, 15) is 4.79 Å². The zero-order chi connectivity index (χ0) is 10.9. The van der Waals surface area contributed by atoms with E-state index in [4.69, 9.17) is 5.73 Å². The van der Waals surface area contributed by atoms with Crippen LogP contribution in [0.4, 0.5) is 0 Å². The molecule has 1 aromatic heterocycles. The molecule has 0 spiro atoms. The highest BCUT2D eigenvalue weighted by Crippen LogP contribution is 2.45. The van der Waals surface area contributed by atoms with Crippen LogP contribution in [0.3, 0.4) is 0 Å². The van der Waals surface area contributed by atoms with Crippen LogP contribution < -0.4 is 5.73 Å². The maximum atomic E-state index is 11.3. The van der Waals surface area contributed by atoms with Gasteiger partial charge in [0, 0.05) is 16.8 Å². The lowest BCUT2D eigenvalue weighted by Crippen LogP contribution is -2.40. The highest BCUT2D eigenvalue weighted by atomic mass is 32.1.